The standard InChI is InChI=1S/C23H21F3N6O3S/c1-12-8-14(10-15(9-12)29-20-27-7-4-17(30-20)23(24,25)26)16-11-28-19(36-16)22(34)5-2-13(3-6-22)18-31-21(33)35-32-18/h4,7-11,13,34H,2-3,5-6H2,1H3,(H,27,29,30)(H,31,32,33). The number of aromatic amines is 1. The molecule has 0 radical (unpaired) electrons. The molecule has 1 aliphatic carbocycles. The first kappa shape index (κ1) is 24.1. The van der Waals surface area contributed by atoms with E-state index < -0.39 is 23.2 Å². The van der Waals surface area contributed by atoms with Gasteiger partial charge < -0.3 is 10.4 Å². The average Bonchev–Trinajstić information content (AvgIpc) is 3.49. The minimum atomic E-state index is -4.57. The molecule has 0 saturated heterocycles. The van der Waals surface area contributed by atoms with Crippen LogP contribution in [0.5, 0.6) is 0 Å². The first-order chi connectivity index (χ1) is 17.1. The molecule has 4 aromatic rings. The highest BCUT2D eigenvalue weighted by Gasteiger charge is 2.39. The molecule has 0 atom stereocenters. The second kappa shape index (κ2) is 9.13. The van der Waals surface area contributed by atoms with Gasteiger partial charge in [-0.15, -0.1) is 11.3 Å². The van der Waals surface area contributed by atoms with E-state index in [1.54, 1.807) is 18.3 Å². The van der Waals surface area contributed by atoms with E-state index in [4.69, 9.17) is 0 Å². The van der Waals surface area contributed by atoms with Gasteiger partial charge in [0, 0.05) is 24.0 Å². The van der Waals surface area contributed by atoms with E-state index in [9.17, 15) is 23.1 Å². The van der Waals surface area contributed by atoms with Crippen molar-refractivity contribution in [1.82, 2.24) is 25.1 Å². The van der Waals surface area contributed by atoms with Gasteiger partial charge in [-0.05, 0) is 61.9 Å². The minimum absolute atomic E-state index is 0.000342. The van der Waals surface area contributed by atoms with Crippen molar-refractivity contribution in [3.05, 3.63) is 69.3 Å². The summed E-state index contributed by atoms with van der Waals surface area (Å²) in [5.74, 6) is -0.265. The molecule has 9 nitrogen and oxygen atoms in total. The van der Waals surface area contributed by atoms with Crippen LogP contribution in [-0.4, -0.2) is 30.2 Å². The molecule has 0 unspecified atom stereocenters. The summed E-state index contributed by atoms with van der Waals surface area (Å²) in [6.07, 6.45) is 0.299. The lowest BCUT2D eigenvalue weighted by atomic mass is 9.79. The molecular weight excluding hydrogens is 497 g/mol. The van der Waals surface area contributed by atoms with Crippen molar-refractivity contribution in [2.45, 2.75) is 50.3 Å². The Balaban J connectivity index is 1.34. The smallest absolute Gasteiger partial charge is 0.383 e. The molecular formula is C23H21F3N6O3S. The van der Waals surface area contributed by atoms with Gasteiger partial charge in [-0.2, -0.15) is 13.2 Å². The van der Waals surface area contributed by atoms with Crippen molar-refractivity contribution >= 4 is 23.0 Å². The number of anilines is 2. The quantitative estimate of drug-likeness (QED) is 0.340. The summed E-state index contributed by atoms with van der Waals surface area (Å²) < 4.78 is 43.5. The van der Waals surface area contributed by atoms with Crippen molar-refractivity contribution in [1.29, 1.82) is 0 Å². The maximum atomic E-state index is 13.0. The maximum Gasteiger partial charge on any atom is 0.438 e. The van der Waals surface area contributed by atoms with E-state index >= 15 is 0 Å². The topological polar surface area (TPSA) is 130 Å². The van der Waals surface area contributed by atoms with E-state index in [1.165, 1.54) is 11.3 Å². The van der Waals surface area contributed by atoms with Gasteiger partial charge in [0.25, 0.3) is 0 Å². The Kier molecular flexibility index (Phi) is 6.12. The zero-order chi connectivity index (χ0) is 25.5. The van der Waals surface area contributed by atoms with Crippen LogP contribution in [0, 0.1) is 6.92 Å². The SMILES string of the molecule is Cc1cc(Nc2nccc(C(F)(F)F)n2)cc(-c2cnc(C3(O)CCC(c4noc(=O)[nH]4)CC3)s2)c1. The third-order valence-electron chi connectivity index (χ3n) is 6.12. The van der Waals surface area contributed by atoms with E-state index in [2.05, 4.69) is 34.9 Å². The highest BCUT2D eigenvalue weighted by Crippen LogP contribution is 2.45. The number of H-pyrrole nitrogens is 1. The summed E-state index contributed by atoms with van der Waals surface area (Å²) in [7, 11) is 0. The van der Waals surface area contributed by atoms with Crippen LogP contribution in [0.1, 0.15) is 53.7 Å². The minimum Gasteiger partial charge on any atom is -0.383 e. The Morgan fingerprint density at radius 3 is 2.69 bits per heavy atom. The summed E-state index contributed by atoms with van der Waals surface area (Å²) in [5.41, 5.74) is 0.0709. The van der Waals surface area contributed by atoms with Crippen molar-refractivity contribution < 1.29 is 22.8 Å². The Morgan fingerprint density at radius 2 is 2.00 bits per heavy atom. The fraction of sp³-hybridized carbons (Fsp3) is 0.348. The number of aromatic nitrogens is 5. The van der Waals surface area contributed by atoms with E-state index in [0.29, 0.717) is 42.2 Å². The van der Waals surface area contributed by atoms with Crippen LogP contribution in [0.4, 0.5) is 24.8 Å². The fourth-order valence-electron chi connectivity index (χ4n) is 4.33. The molecule has 0 spiro atoms. The predicted octanol–water partition coefficient (Wildman–Crippen LogP) is 4.89. The first-order valence-electron chi connectivity index (χ1n) is 11.1. The highest BCUT2D eigenvalue weighted by atomic mass is 32.1. The third kappa shape index (κ3) is 5.02. The maximum absolute atomic E-state index is 13.0. The number of alkyl halides is 3. The normalized spacial score (nSPS) is 20.4. The summed E-state index contributed by atoms with van der Waals surface area (Å²) in [6.45, 7) is 1.87. The molecule has 3 N–H and O–H groups in total. The monoisotopic (exact) mass is 518 g/mol. The first-order valence-corrected chi connectivity index (χ1v) is 11.9. The highest BCUT2D eigenvalue weighted by molar-refractivity contribution is 7.15. The molecule has 0 aliphatic heterocycles. The lowest BCUT2D eigenvalue weighted by Gasteiger charge is -2.33. The Hall–Kier alpha value is -3.58. The number of benzene rings is 1. The van der Waals surface area contributed by atoms with Crippen molar-refractivity contribution in [2.24, 2.45) is 0 Å². The second-order valence-corrected chi connectivity index (χ2v) is 9.82. The van der Waals surface area contributed by atoms with E-state index in [-0.39, 0.29) is 11.9 Å². The molecule has 36 heavy (non-hydrogen) atoms. The summed E-state index contributed by atoms with van der Waals surface area (Å²) >= 11 is 1.36. The van der Waals surface area contributed by atoms with E-state index in [0.717, 1.165) is 28.3 Å². The molecule has 0 bridgehead atoms. The van der Waals surface area contributed by atoms with Crippen molar-refractivity contribution in [3.8, 4) is 10.4 Å². The van der Waals surface area contributed by atoms with Gasteiger partial charge >= 0.3 is 11.9 Å². The number of hydrogen-bond donors (Lipinski definition) is 3. The van der Waals surface area contributed by atoms with Crippen LogP contribution in [-0.2, 0) is 11.8 Å². The van der Waals surface area contributed by atoms with Crippen molar-refractivity contribution in [3.63, 3.8) is 0 Å². The number of rotatable bonds is 5. The van der Waals surface area contributed by atoms with Gasteiger partial charge in [0.1, 0.15) is 16.3 Å². The number of halogens is 3. The van der Waals surface area contributed by atoms with Crippen LogP contribution >= 0.6 is 11.3 Å². The number of aryl methyl sites for hydroxylation is 1. The average molecular weight is 519 g/mol. The Labute approximate surface area is 206 Å². The lowest BCUT2D eigenvalue weighted by molar-refractivity contribution is -0.141. The fourth-order valence-corrected chi connectivity index (χ4v) is 5.38. The number of nitrogens with zero attached hydrogens (tertiary/aromatic N) is 4. The summed E-state index contributed by atoms with van der Waals surface area (Å²) in [4.78, 5) is 26.5. The zero-order valence-electron chi connectivity index (χ0n) is 19.0. The predicted molar refractivity (Wildman–Crippen MR) is 125 cm³/mol. The molecule has 1 fully saturated rings. The van der Waals surface area contributed by atoms with Gasteiger partial charge in [-0.25, -0.2) is 19.7 Å². The number of thiazole rings is 1. The summed E-state index contributed by atoms with van der Waals surface area (Å²) in [6, 6.07) is 6.29. The number of hydrogen-bond acceptors (Lipinski definition) is 9. The second-order valence-electron chi connectivity index (χ2n) is 8.79. The third-order valence-corrected chi connectivity index (χ3v) is 7.36. The van der Waals surface area contributed by atoms with Crippen molar-refractivity contribution in [2.75, 3.05) is 5.32 Å². The van der Waals surface area contributed by atoms with Crippen LogP contribution in [0.15, 0.2) is 46.0 Å². The molecule has 0 amide bonds. The van der Waals surface area contributed by atoms with Crippen LogP contribution in [0.2, 0.25) is 0 Å². The Morgan fingerprint density at radius 1 is 1.22 bits per heavy atom. The Bertz CT molecular complexity index is 1440. The van der Waals surface area contributed by atoms with Gasteiger partial charge in [-0.3, -0.25) is 9.51 Å². The van der Waals surface area contributed by atoms with Crippen LogP contribution in [0.3, 0.4) is 0 Å². The molecule has 188 valence electrons. The molecule has 1 aromatic carbocycles. The largest absolute Gasteiger partial charge is 0.438 e. The van der Waals surface area contributed by atoms with Crippen LogP contribution < -0.4 is 11.1 Å². The lowest BCUT2D eigenvalue weighted by Crippen LogP contribution is -2.31. The number of aliphatic hydroxyl groups is 1. The van der Waals surface area contributed by atoms with Gasteiger partial charge in [0.05, 0.1) is 4.88 Å². The molecule has 1 saturated carbocycles. The van der Waals surface area contributed by atoms with Gasteiger partial charge in [0.15, 0.2) is 5.82 Å². The van der Waals surface area contributed by atoms with Gasteiger partial charge in [0.2, 0.25) is 5.95 Å². The zero-order valence-corrected chi connectivity index (χ0v) is 19.8. The molecule has 13 heteroatoms. The summed E-state index contributed by atoms with van der Waals surface area (Å²) in [5, 5.41) is 18.5. The molecule has 5 rings (SSSR count). The molecule has 3 aromatic heterocycles. The van der Waals surface area contributed by atoms with Gasteiger partial charge in [-0.1, -0.05) is 11.2 Å². The molecule has 3 heterocycles. The molecule has 1 aliphatic rings. The van der Waals surface area contributed by atoms with E-state index in [1.807, 2.05) is 13.0 Å². The number of nitrogens with one attached hydrogen (secondary N) is 2. The van der Waals surface area contributed by atoms with Crippen LogP contribution in [0.25, 0.3) is 10.4 Å².